The van der Waals surface area contributed by atoms with Crippen LogP contribution in [0.1, 0.15) is 0 Å². The minimum absolute atomic E-state index is 0.831. The Bertz CT molecular complexity index is 949. The van der Waals surface area contributed by atoms with Crippen molar-refractivity contribution in [2.75, 3.05) is 0 Å². The molecule has 4 aromatic rings. The van der Waals surface area contributed by atoms with Crippen LogP contribution < -0.4 is 0 Å². The summed E-state index contributed by atoms with van der Waals surface area (Å²) in [6.45, 7) is 0. The fourth-order valence-electron chi connectivity index (χ4n) is 2.71. The summed E-state index contributed by atoms with van der Waals surface area (Å²) in [5, 5.41) is 3.37. The lowest BCUT2D eigenvalue weighted by Crippen LogP contribution is -1.88. The van der Waals surface area contributed by atoms with Crippen LogP contribution in [0.15, 0.2) is 71.6 Å². The molecule has 0 amide bonds. The van der Waals surface area contributed by atoms with Gasteiger partial charge in [0.2, 0.25) is 0 Å². The maximum atomic E-state index is 4.59. The summed E-state index contributed by atoms with van der Waals surface area (Å²) in [4.78, 5) is 8.88. The third kappa shape index (κ3) is 2.01. The normalized spacial score (nSPS) is 11.1. The molecule has 21 heavy (non-hydrogen) atoms. The van der Waals surface area contributed by atoms with Crippen molar-refractivity contribution in [3.63, 3.8) is 0 Å². The molecular weight excluding hydrogens is 324 g/mol. The SMILES string of the molecule is Brc1nccc2c1cnc1cccc(-c3ccccc3)c12. The number of pyridine rings is 2. The van der Waals surface area contributed by atoms with E-state index in [-0.39, 0.29) is 0 Å². The summed E-state index contributed by atoms with van der Waals surface area (Å²) in [7, 11) is 0. The first-order valence-corrected chi connectivity index (χ1v) is 7.51. The lowest BCUT2D eigenvalue weighted by atomic mass is 9.97. The zero-order valence-corrected chi connectivity index (χ0v) is 12.7. The first kappa shape index (κ1) is 12.5. The first-order valence-electron chi connectivity index (χ1n) is 6.72. The molecule has 100 valence electrons. The third-order valence-electron chi connectivity index (χ3n) is 3.67. The van der Waals surface area contributed by atoms with Crippen molar-refractivity contribution in [2.45, 2.75) is 0 Å². The lowest BCUT2D eigenvalue weighted by Gasteiger charge is -2.10. The van der Waals surface area contributed by atoms with Gasteiger partial charge >= 0.3 is 0 Å². The van der Waals surface area contributed by atoms with Crippen molar-refractivity contribution >= 4 is 37.6 Å². The second-order valence-electron chi connectivity index (χ2n) is 4.89. The van der Waals surface area contributed by atoms with Crippen molar-refractivity contribution in [3.8, 4) is 11.1 Å². The number of fused-ring (bicyclic) bond motifs is 3. The molecule has 0 unspecified atom stereocenters. The molecule has 3 heteroatoms. The Morgan fingerprint density at radius 1 is 0.762 bits per heavy atom. The predicted molar refractivity (Wildman–Crippen MR) is 90.2 cm³/mol. The zero-order valence-electron chi connectivity index (χ0n) is 11.1. The highest BCUT2D eigenvalue weighted by atomic mass is 79.9. The number of hydrogen-bond acceptors (Lipinski definition) is 2. The monoisotopic (exact) mass is 334 g/mol. The van der Waals surface area contributed by atoms with Crippen LogP contribution >= 0.6 is 15.9 Å². The van der Waals surface area contributed by atoms with Crippen LogP contribution in [0.3, 0.4) is 0 Å². The van der Waals surface area contributed by atoms with Crippen LogP contribution in [-0.2, 0) is 0 Å². The van der Waals surface area contributed by atoms with Crippen molar-refractivity contribution in [1.82, 2.24) is 9.97 Å². The van der Waals surface area contributed by atoms with Crippen LogP contribution in [0.25, 0.3) is 32.8 Å². The van der Waals surface area contributed by atoms with Crippen LogP contribution in [-0.4, -0.2) is 9.97 Å². The number of benzene rings is 2. The second kappa shape index (κ2) is 4.93. The Hall–Kier alpha value is -2.26. The van der Waals surface area contributed by atoms with Crippen molar-refractivity contribution in [2.24, 2.45) is 0 Å². The van der Waals surface area contributed by atoms with Gasteiger partial charge in [-0.2, -0.15) is 0 Å². The van der Waals surface area contributed by atoms with Crippen LogP contribution in [0.5, 0.6) is 0 Å². The van der Waals surface area contributed by atoms with Gasteiger partial charge in [0.15, 0.2) is 0 Å². The Balaban J connectivity index is 2.20. The molecule has 0 aliphatic heterocycles. The molecule has 0 spiro atoms. The molecule has 0 bridgehead atoms. The topological polar surface area (TPSA) is 25.8 Å². The number of nitrogens with zero attached hydrogens (tertiary/aromatic N) is 2. The molecule has 0 radical (unpaired) electrons. The summed E-state index contributed by atoms with van der Waals surface area (Å²) in [6.07, 6.45) is 3.71. The van der Waals surface area contributed by atoms with E-state index >= 15 is 0 Å². The summed E-state index contributed by atoms with van der Waals surface area (Å²) < 4.78 is 0.831. The summed E-state index contributed by atoms with van der Waals surface area (Å²) >= 11 is 3.51. The van der Waals surface area contributed by atoms with Crippen LogP contribution in [0, 0.1) is 0 Å². The Labute approximate surface area is 130 Å². The number of aromatic nitrogens is 2. The van der Waals surface area contributed by atoms with Crippen molar-refractivity contribution < 1.29 is 0 Å². The zero-order chi connectivity index (χ0) is 14.2. The van der Waals surface area contributed by atoms with E-state index in [9.17, 15) is 0 Å². The molecule has 2 heterocycles. The van der Waals surface area contributed by atoms with E-state index in [0.29, 0.717) is 0 Å². The van der Waals surface area contributed by atoms with Gasteiger partial charge in [0.25, 0.3) is 0 Å². The van der Waals surface area contributed by atoms with Gasteiger partial charge in [-0.05, 0) is 44.6 Å². The minimum atomic E-state index is 0.831. The highest BCUT2D eigenvalue weighted by molar-refractivity contribution is 9.10. The molecule has 2 aromatic heterocycles. The highest BCUT2D eigenvalue weighted by Crippen LogP contribution is 2.34. The van der Waals surface area contributed by atoms with Gasteiger partial charge in [0.05, 0.1) is 5.52 Å². The molecular formula is C18H11BrN2. The van der Waals surface area contributed by atoms with E-state index in [1.807, 2.05) is 18.5 Å². The standard InChI is InChI=1S/C18H11BrN2/c19-18-15-11-21-16-8-4-7-13(12-5-2-1-3-6-12)17(16)14(15)9-10-20-18/h1-11H. The quantitative estimate of drug-likeness (QED) is 0.352. The molecule has 0 saturated heterocycles. The molecule has 0 aliphatic carbocycles. The second-order valence-corrected chi connectivity index (χ2v) is 5.64. The van der Waals surface area contributed by atoms with Crippen LogP contribution in [0.4, 0.5) is 0 Å². The van der Waals surface area contributed by atoms with E-state index in [4.69, 9.17) is 0 Å². The van der Waals surface area contributed by atoms with Gasteiger partial charge in [-0.3, -0.25) is 4.98 Å². The Morgan fingerprint density at radius 2 is 1.62 bits per heavy atom. The lowest BCUT2D eigenvalue weighted by molar-refractivity contribution is 1.30. The van der Waals surface area contributed by atoms with E-state index in [2.05, 4.69) is 74.4 Å². The van der Waals surface area contributed by atoms with Crippen molar-refractivity contribution in [3.05, 3.63) is 71.6 Å². The van der Waals surface area contributed by atoms with Gasteiger partial charge in [-0.25, -0.2) is 4.98 Å². The molecule has 0 atom stereocenters. The fraction of sp³-hybridized carbons (Fsp3) is 0. The van der Waals surface area contributed by atoms with E-state index in [1.54, 1.807) is 0 Å². The molecule has 0 fully saturated rings. The Kier molecular flexibility index (Phi) is 2.93. The van der Waals surface area contributed by atoms with Gasteiger partial charge in [0, 0.05) is 23.2 Å². The predicted octanol–water partition coefficient (Wildman–Crippen LogP) is 5.21. The molecule has 0 saturated carbocycles. The van der Waals surface area contributed by atoms with Crippen molar-refractivity contribution in [1.29, 1.82) is 0 Å². The van der Waals surface area contributed by atoms with Gasteiger partial charge < -0.3 is 0 Å². The van der Waals surface area contributed by atoms with E-state index < -0.39 is 0 Å². The molecule has 0 N–H and O–H groups in total. The smallest absolute Gasteiger partial charge is 0.115 e. The molecule has 2 aromatic carbocycles. The first-order chi connectivity index (χ1) is 10.3. The maximum Gasteiger partial charge on any atom is 0.115 e. The minimum Gasteiger partial charge on any atom is -0.255 e. The molecule has 4 rings (SSSR count). The van der Waals surface area contributed by atoms with Gasteiger partial charge in [-0.15, -0.1) is 0 Å². The average Bonchev–Trinajstić information content (AvgIpc) is 2.55. The van der Waals surface area contributed by atoms with Gasteiger partial charge in [0.1, 0.15) is 4.60 Å². The average molecular weight is 335 g/mol. The highest BCUT2D eigenvalue weighted by Gasteiger charge is 2.10. The Morgan fingerprint density at radius 3 is 2.48 bits per heavy atom. The number of halogens is 1. The van der Waals surface area contributed by atoms with Crippen LogP contribution in [0.2, 0.25) is 0 Å². The number of hydrogen-bond donors (Lipinski definition) is 0. The summed E-state index contributed by atoms with van der Waals surface area (Å²) in [6, 6.07) is 18.7. The fourth-order valence-corrected chi connectivity index (χ4v) is 3.15. The third-order valence-corrected chi connectivity index (χ3v) is 4.30. The number of rotatable bonds is 1. The summed E-state index contributed by atoms with van der Waals surface area (Å²) in [5.74, 6) is 0. The van der Waals surface area contributed by atoms with Gasteiger partial charge in [-0.1, -0.05) is 42.5 Å². The summed E-state index contributed by atoms with van der Waals surface area (Å²) in [5.41, 5.74) is 3.40. The maximum absolute atomic E-state index is 4.59. The molecule has 2 nitrogen and oxygen atoms in total. The largest absolute Gasteiger partial charge is 0.255 e. The van der Waals surface area contributed by atoms with E-state index in [0.717, 1.165) is 15.5 Å². The van der Waals surface area contributed by atoms with E-state index in [1.165, 1.54) is 21.9 Å². The molecule has 0 aliphatic rings.